The van der Waals surface area contributed by atoms with Crippen LogP contribution in [0.2, 0.25) is 0 Å². The molecular formula is C15H11NS2. The van der Waals surface area contributed by atoms with Crippen molar-refractivity contribution in [2.24, 2.45) is 0 Å². The van der Waals surface area contributed by atoms with Gasteiger partial charge in [-0.3, -0.25) is 0 Å². The van der Waals surface area contributed by atoms with Crippen LogP contribution >= 0.6 is 23.1 Å². The average Bonchev–Trinajstić information content (AvgIpc) is 2.66. The van der Waals surface area contributed by atoms with Crippen LogP contribution in [0.25, 0.3) is 10.2 Å². The number of benzene rings is 1. The Labute approximate surface area is 114 Å². The molecule has 0 spiro atoms. The molecule has 1 nitrogen and oxygen atoms in total. The fourth-order valence-electron chi connectivity index (χ4n) is 1.62. The summed E-state index contributed by atoms with van der Waals surface area (Å²) >= 11 is 3.42. The number of rotatable bonds is 2. The Morgan fingerprint density at radius 2 is 2.06 bits per heavy atom. The van der Waals surface area contributed by atoms with Crippen molar-refractivity contribution in [1.29, 1.82) is 0 Å². The topological polar surface area (TPSA) is 12.9 Å². The highest BCUT2D eigenvalue weighted by molar-refractivity contribution is 8.05. The van der Waals surface area contributed by atoms with Crippen LogP contribution in [-0.2, 0) is 0 Å². The number of thioether (sulfide) groups is 1. The van der Waals surface area contributed by atoms with Crippen molar-refractivity contribution in [3.8, 4) is 0 Å². The van der Waals surface area contributed by atoms with Gasteiger partial charge in [0.1, 0.15) is 0 Å². The summed E-state index contributed by atoms with van der Waals surface area (Å²) in [5.41, 5.74) is 5.46. The number of allylic oxidation sites excluding steroid dienone is 4. The first-order chi connectivity index (χ1) is 8.81. The van der Waals surface area contributed by atoms with Crippen molar-refractivity contribution in [1.82, 2.24) is 4.98 Å². The molecule has 1 aliphatic carbocycles. The molecule has 3 rings (SSSR count). The Hall–Kier alpha value is -1.54. The number of thiazole rings is 1. The van der Waals surface area contributed by atoms with Crippen molar-refractivity contribution in [3.63, 3.8) is 0 Å². The van der Waals surface area contributed by atoms with Crippen LogP contribution in [0.15, 0.2) is 69.1 Å². The SMILES string of the molecule is CC1=CC=C(Sc2nc3ccccc3s2)C=C=C1. The molecule has 0 N–H and O–H groups in total. The largest absolute Gasteiger partial charge is 0.229 e. The fourth-order valence-corrected chi connectivity index (χ4v) is 3.65. The third-order valence-electron chi connectivity index (χ3n) is 2.53. The molecule has 0 bridgehead atoms. The van der Waals surface area contributed by atoms with Gasteiger partial charge >= 0.3 is 0 Å². The highest BCUT2D eigenvalue weighted by Gasteiger charge is 2.05. The average molecular weight is 269 g/mol. The molecule has 1 aliphatic rings. The van der Waals surface area contributed by atoms with Gasteiger partial charge in [0.05, 0.1) is 10.2 Å². The first-order valence-corrected chi connectivity index (χ1v) is 7.29. The molecule has 0 atom stereocenters. The van der Waals surface area contributed by atoms with E-state index in [0.29, 0.717) is 0 Å². The fraction of sp³-hybridized carbons (Fsp3) is 0.0667. The number of para-hydroxylation sites is 1. The molecule has 3 heteroatoms. The van der Waals surface area contributed by atoms with E-state index in [9.17, 15) is 0 Å². The van der Waals surface area contributed by atoms with Gasteiger partial charge in [-0.05, 0) is 42.9 Å². The van der Waals surface area contributed by atoms with Gasteiger partial charge in [0.2, 0.25) is 0 Å². The van der Waals surface area contributed by atoms with E-state index in [1.165, 1.54) is 15.2 Å². The highest BCUT2D eigenvalue weighted by atomic mass is 32.2. The summed E-state index contributed by atoms with van der Waals surface area (Å²) in [6.07, 6.45) is 8.21. The Bertz CT molecular complexity index is 680. The Morgan fingerprint density at radius 3 is 2.94 bits per heavy atom. The molecular weight excluding hydrogens is 258 g/mol. The van der Waals surface area contributed by atoms with Crippen LogP contribution in [-0.4, -0.2) is 4.98 Å². The predicted octanol–water partition coefficient (Wildman–Crippen LogP) is 4.94. The molecule has 1 heterocycles. The summed E-state index contributed by atoms with van der Waals surface area (Å²) < 4.78 is 2.31. The smallest absolute Gasteiger partial charge is 0.155 e. The van der Waals surface area contributed by atoms with E-state index in [2.05, 4.69) is 48.0 Å². The minimum absolute atomic E-state index is 1.07. The number of aromatic nitrogens is 1. The van der Waals surface area contributed by atoms with Crippen LogP contribution in [0, 0.1) is 0 Å². The Kier molecular flexibility index (Phi) is 3.20. The molecule has 0 radical (unpaired) electrons. The van der Waals surface area contributed by atoms with E-state index in [-0.39, 0.29) is 0 Å². The molecule has 0 saturated heterocycles. The lowest BCUT2D eigenvalue weighted by Crippen LogP contribution is -1.71. The second-order valence-electron chi connectivity index (χ2n) is 3.98. The summed E-state index contributed by atoms with van der Waals surface area (Å²) in [4.78, 5) is 5.79. The van der Waals surface area contributed by atoms with Gasteiger partial charge in [0, 0.05) is 4.91 Å². The van der Waals surface area contributed by atoms with Crippen molar-refractivity contribution in [2.75, 3.05) is 0 Å². The Morgan fingerprint density at radius 1 is 1.17 bits per heavy atom. The molecule has 88 valence electrons. The lowest BCUT2D eigenvalue weighted by atomic mass is 10.3. The monoisotopic (exact) mass is 269 g/mol. The summed E-state index contributed by atoms with van der Waals surface area (Å²) in [7, 11) is 0. The van der Waals surface area contributed by atoms with E-state index in [1.54, 1.807) is 23.1 Å². The number of hydrogen-bond donors (Lipinski definition) is 0. The molecule has 18 heavy (non-hydrogen) atoms. The van der Waals surface area contributed by atoms with Crippen LogP contribution in [0.4, 0.5) is 0 Å². The summed E-state index contributed by atoms with van der Waals surface area (Å²) in [5, 5.41) is 0. The van der Waals surface area contributed by atoms with Crippen LogP contribution < -0.4 is 0 Å². The second kappa shape index (κ2) is 4.99. The third kappa shape index (κ3) is 2.49. The molecule has 0 fully saturated rings. The summed E-state index contributed by atoms with van der Waals surface area (Å²) in [5.74, 6) is 0. The maximum atomic E-state index is 4.62. The lowest BCUT2D eigenvalue weighted by Gasteiger charge is -1.94. The van der Waals surface area contributed by atoms with E-state index >= 15 is 0 Å². The highest BCUT2D eigenvalue weighted by Crippen LogP contribution is 2.34. The maximum absolute atomic E-state index is 4.62. The van der Waals surface area contributed by atoms with Gasteiger partial charge in [-0.1, -0.05) is 30.0 Å². The third-order valence-corrected chi connectivity index (χ3v) is 4.61. The first kappa shape index (κ1) is 11.5. The quantitative estimate of drug-likeness (QED) is 0.716. The minimum Gasteiger partial charge on any atom is -0.229 e. The minimum atomic E-state index is 1.07. The van der Waals surface area contributed by atoms with Crippen LogP contribution in [0.3, 0.4) is 0 Å². The van der Waals surface area contributed by atoms with E-state index in [0.717, 1.165) is 9.86 Å². The van der Waals surface area contributed by atoms with Gasteiger partial charge in [0.15, 0.2) is 4.34 Å². The van der Waals surface area contributed by atoms with Crippen molar-refractivity contribution >= 4 is 33.3 Å². The zero-order chi connectivity index (χ0) is 12.4. The zero-order valence-electron chi connectivity index (χ0n) is 9.88. The van der Waals surface area contributed by atoms with Crippen LogP contribution in [0.1, 0.15) is 6.92 Å². The van der Waals surface area contributed by atoms with E-state index in [1.807, 2.05) is 18.2 Å². The van der Waals surface area contributed by atoms with Gasteiger partial charge in [-0.15, -0.1) is 17.1 Å². The van der Waals surface area contributed by atoms with Crippen molar-refractivity contribution in [3.05, 3.63) is 64.8 Å². The zero-order valence-corrected chi connectivity index (χ0v) is 11.5. The van der Waals surface area contributed by atoms with Gasteiger partial charge < -0.3 is 0 Å². The summed E-state index contributed by atoms with van der Waals surface area (Å²) in [6, 6.07) is 8.24. The molecule has 0 unspecified atom stereocenters. The van der Waals surface area contributed by atoms with Crippen molar-refractivity contribution < 1.29 is 0 Å². The number of hydrogen-bond acceptors (Lipinski definition) is 3. The Balaban J connectivity index is 1.91. The molecule has 0 amide bonds. The summed E-state index contributed by atoms with van der Waals surface area (Å²) in [6.45, 7) is 2.07. The van der Waals surface area contributed by atoms with Crippen LogP contribution in [0.5, 0.6) is 0 Å². The maximum Gasteiger partial charge on any atom is 0.155 e. The second-order valence-corrected chi connectivity index (χ2v) is 6.34. The normalized spacial score (nSPS) is 14.5. The molecule has 2 aromatic rings. The molecule has 0 aliphatic heterocycles. The molecule has 0 saturated carbocycles. The lowest BCUT2D eigenvalue weighted by molar-refractivity contribution is 1.31. The van der Waals surface area contributed by atoms with Gasteiger partial charge in [-0.25, -0.2) is 4.98 Å². The van der Waals surface area contributed by atoms with E-state index < -0.39 is 0 Å². The van der Waals surface area contributed by atoms with Gasteiger partial charge in [0.25, 0.3) is 0 Å². The predicted molar refractivity (Wildman–Crippen MR) is 80.0 cm³/mol. The first-order valence-electron chi connectivity index (χ1n) is 5.66. The molecule has 1 aromatic heterocycles. The number of fused-ring (bicyclic) bond motifs is 1. The van der Waals surface area contributed by atoms with E-state index in [4.69, 9.17) is 0 Å². The standard InChI is InChI=1S/C15H11NS2/c1-11-5-4-6-12(10-9-11)17-15-16-13-7-2-3-8-14(13)18-15/h2-3,5-10H,1H3. The number of nitrogens with zero attached hydrogens (tertiary/aromatic N) is 1. The van der Waals surface area contributed by atoms with Gasteiger partial charge in [-0.2, -0.15) is 0 Å². The molecule has 1 aromatic carbocycles. The van der Waals surface area contributed by atoms with Crippen molar-refractivity contribution in [2.45, 2.75) is 11.3 Å².